The first-order valence-electron chi connectivity index (χ1n) is 6.94. The maximum atomic E-state index is 11.9. The summed E-state index contributed by atoms with van der Waals surface area (Å²) in [6.45, 7) is -0.826. The van der Waals surface area contributed by atoms with Gasteiger partial charge in [-0.1, -0.05) is 42.5 Å². The number of primary amides is 1. The Bertz CT molecular complexity index is 696. The lowest BCUT2D eigenvalue weighted by Gasteiger charge is -2.06. The van der Waals surface area contributed by atoms with Gasteiger partial charge in [0.25, 0.3) is 11.8 Å². The highest BCUT2D eigenvalue weighted by Gasteiger charge is 2.10. The van der Waals surface area contributed by atoms with Gasteiger partial charge in [0, 0.05) is 5.56 Å². The van der Waals surface area contributed by atoms with Crippen molar-refractivity contribution in [3.63, 3.8) is 0 Å². The minimum absolute atomic E-state index is 0.327. The second-order valence-electron chi connectivity index (χ2n) is 4.75. The predicted molar refractivity (Wildman–Crippen MR) is 84.4 cm³/mol. The molecule has 23 heavy (non-hydrogen) atoms. The lowest BCUT2D eigenvalue weighted by Crippen LogP contribution is -2.32. The molecule has 2 rings (SSSR count). The third kappa shape index (κ3) is 4.96. The van der Waals surface area contributed by atoms with E-state index < -0.39 is 24.4 Å². The number of hydrogen-bond donors (Lipinski definition) is 2. The number of rotatable bonds is 6. The van der Waals surface area contributed by atoms with Crippen LogP contribution < -0.4 is 11.1 Å². The molecule has 118 valence electrons. The molecular formula is C17H16N2O4. The van der Waals surface area contributed by atoms with Gasteiger partial charge in [-0.2, -0.15) is 0 Å². The van der Waals surface area contributed by atoms with Crippen molar-refractivity contribution in [3.8, 4) is 11.1 Å². The van der Waals surface area contributed by atoms with Crippen LogP contribution in [-0.4, -0.2) is 30.9 Å². The Morgan fingerprint density at radius 3 is 2.13 bits per heavy atom. The van der Waals surface area contributed by atoms with Crippen molar-refractivity contribution >= 4 is 17.8 Å². The van der Waals surface area contributed by atoms with Crippen LogP contribution in [0.15, 0.2) is 54.6 Å². The first-order valence-corrected chi connectivity index (χ1v) is 6.94. The van der Waals surface area contributed by atoms with Crippen LogP contribution in [-0.2, 0) is 14.3 Å². The van der Waals surface area contributed by atoms with E-state index in [-0.39, 0.29) is 6.54 Å². The van der Waals surface area contributed by atoms with Crippen molar-refractivity contribution < 1.29 is 19.1 Å². The molecule has 3 N–H and O–H groups in total. The fourth-order valence-corrected chi connectivity index (χ4v) is 1.90. The van der Waals surface area contributed by atoms with Gasteiger partial charge in [-0.05, 0) is 23.3 Å². The Kier molecular flexibility index (Phi) is 5.46. The highest BCUT2D eigenvalue weighted by Crippen LogP contribution is 2.19. The van der Waals surface area contributed by atoms with Crippen molar-refractivity contribution in [1.29, 1.82) is 0 Å². The van der Waals surface area contributed by atoms with Crippen LogP contribution in [0.2, 0.25) is 0 Å². The Morgan fingerprint density at radius 1 is 0.913 bits per heavy atom. The van der Waals surface area contributed by atoms with E-state index in [0.29, 0.717) is 5.56 Å². The average molecular weight is 312 g/mol. The molecule has 0 aliphatic rings. The highest BCUT2D eigenvalue weighted by molar-refractivity contribution is 5.96. The van der Waals surface area contributed by atoms with E-state index in [0.717, 1.165) is 11.1 Å². The Morgan fingerprint density at radius 2 is 1.52 bits per heavy atom. The van der Waals surface area contributed by atoms with Crippen LogP contribution in [0, 0.1) is 0 Å². The minimum atomic E-state index is -0.749. The molecule has 0 aliphatic carbocycles. The zero-order chi connectivity index (χ0) is 16.7. The van der Waals surface area contributed by atoms with E-state index >= 15 is 0 Å². The average Bonchev–Trinajstić information content (AvgIpc) is 2.58. The number of nitrogens with one attached hydrogen (secondary N) is 1. The fourth-order valence-electron chi connectivity index (χ4n) is 1.90. The lowest BCUT2D eigenvalue weighted by atomic mass is 10.0. The molecule has 0 radical (unpaired) electrons. The summed E-state index contributed by atoms with van der Waals surface area (Å²) in [4.78, 5) is 33.7. The molecule has 6 nitrogen and oxygen atoms in total. The van der Waals surface area contributed by atoms with Crippen LogP contribution in [0.3, 0.4) is 0 Å². The smallest absolute Gasteiger partial charge is 0.325 e. The summed E-state index contributed by atoms with van der Waals surface area (Å²) in [5.74, 6) is -1.88. The van der Waals surface area contributed by atoms with Crippen LogP contribution in [0.4, 0.5) is 0 Å². The van der Waals surface area contributed by atoms with Crippen molar-refractivity contribution in [2.45, 2.75) is 0 Å². The number of ether oxygens (including phenoxy) is 1. The topological polar surface area (TPSA) is 98.5 Å². The highest BCUT2D eigenvalue weighted by atomic mass is 16.5. The van der Waals surface area contributed by atoms with E-state index in [2.05, 4.69) is 10.1 Å². The second-order valence-corrected chi connectivity index (χ2v) is 4.75. The molecule has 0 spiro atoms. The van der Waals surface area contributed by atoms with Crippen LogP contribution in [0.1, 0.15) is 10.4 Å². The van der Waals surface area contributed by atoms with Gasteiger partial charge in [0.1, 0.15) is 6.54 Å². The Hall–Kier alpha value is -3.15. The second kappa shape index (κ2) is 7.74. The van der Waals surface area contributed by atoms with Crippen LogP contribution >= 0.6 is 0 Å². The molecule has 0 aromatic heterocycles. The molecule has 6 heteroatoms. The largest absolute Gasteiger partial charge is 0.454 e. The SMILES string of the molecule is NC(=O)COC(=O)CNC(=O)c1ccc(-c2ccccc2)cc1. The molecule has 2 aromatic carbocycles. The molecule has 0 saturated carbocycles. The number of hydrogen-bond acceptors (Lipinski definition) is 4. The molecule has 0 unspecified atom stereocenters. The number of carbonyl (C=O) groups is 3. The van der Waals surface area contributed by atoms with E-state index in [1.165, 1.54) is 0 Å². The Balaban J connectivity index is 1.90. The molecule has 0 bridgehead atoms. The number of esters is 1. The number of carbonyl (C=O) groups excluding carboxylic acids is 3. The quantitative estimate of drug-likeness (QED) is 0.781. The molecule has 2 amide bonds. The van der Waals surface area contributed by atoms with E-state index in [1.54, 1.807) is 12.1 Å². The molecule has 0 aliphatic heterocycles. The molecular weight excluding hydrogens is 296 g/mol. The molecule has 0 saturated heterocycles. The summed E-state index contributed by atoms with van der Waals surface area (Å²) in [6.07, 6.45) is 0. The van der Waals surface area contributed by atoms with Gasteiger partial charge in [-0.3, -0.25) is 14.4 Å². The van der Waals surface area contributed by atoms with Gasteiger partial charge in [0.2, 0.25) is 0 Å². The van der Waals surface area contributed by atoms with Gasteiger partial charge in [-0.25, -0.2) is 0 Å². The van der Waals surface area contributed by atoms with E-state index in [9.17, 15) is 14.4 Å². The van der Waals surface area contributed by atoms with E-state index in [4.69, 9.17) is 5.73 Å². The summed E-state index contributed by atoms with van der Waals surface area (Å²) >= 11 is 0. The van der Waals surface area contributed by atoms with Crippen molar-refractivity contribution in [2.75, 3.05) is 13.2 Å². The minimum Gasteiger partial charge on any atom is -0.454 e. The third-order valence-corrected chi connectivity index (χ3v) is 3.02. The van der Waals surface area contributed by atoms with Gasteiger partial charge in [-0.15, -0.1) is 0 Å². The van der Waals surface area contributed by atoms with Gasteiger partial charge >= 0.3 is 5.97 Å². The monoisotopic (exact) mass is 312 g/mol. The maximum absolute atomic E-state index is 11.9. The maximum Gasteiger partial charge on any atom is 0.325 e. The van der Waals surface area contributed by atoms with Crippen LogP contribution in [0.25, 0.3) is 11.1 Å². The summed E-state index contributed by atoms with van der Waals surface area (Å²) < 4.78 is 4.54. The fraction of sp³-hybridized carbons (Fsp3) is 0.118. The molecule has 0 heterocycles. The van der Waals surface area contributed by atoms with Crippen molar-refractivity contribution in [3.05, 3.63) is 60.2 Å². The zero-order valence-electron chi connectivity index (χ0n) is 12.3. The number of amides is 2. The summed E-state index contributed by atoms with van der Waals surface area (Å²) in [6, 6.07) is 16.8. The van der Waals surface area contributed by atoms with Crippen molar-refractivity contribution in [1.82, 2.24) is 5.32 Å². The van der Waals surface area contributed by atoms with Crippen LogP contribution in [0.5, 0.6) is 0 Å². The van der Waals surface area contributed by atoms with Gasteiger partial charge in [0.05, 0.1) is 0 Å². The van der Waals surface area contributed by atoms with Gasteiger partial charge in [0.15, 0.2) is 6.61 Å². The zero-order valence-corrected chi connectivity index (χ0v) is 12.3. The van der Waals surface area contributed by atoms with E-state index in [1.807, 2.05) is 42.5 Å². The molecule has 2 aromatic rings. The third-order valence-electron chi connectivity index (χ3n) is 3.02. The van der Waals surface area contributed by atoms with Crippen molar-refractivity contribution in [2.24, 2.45) is 5.73 Å². The predicted octanol–water partition coefficient (Wildman–Crippen LogP) is 1.11. The molecule has 0 fully saturated rings. The first kappa shape index (κ1) is 16.2. The summed E-state index contributed by atoms with van der Waals surface area (Å²) in [5.41, 5.74) is 7.31. The standard InChI is InChI=1S/C17H16N2O4/c18-15(20)11-23-16(21)10-19-17(22)14-8-6-13(7-9-14)12-4-2-1-3-5-12/h1-9H,10-11H2,(H2,18,20)(H,19,22). The summed E-state index contributed by atoms with van der Waals surface area (Å²) in [7, 11) is 0. The molecule has 0 atom stereocenters. The lowest BCUT2D eigenvalue weighted by molar-refractivity contribution is -0.146. The summed E-state index contributed by atoms with van der Waals surface area (Å²) in [5, 5.41) is 2.42. The number of nitrogens with two attached hydrogens (primary N) is 1. The normalized spacial score (nSPS) is 9.91. The number of benzene rings is 2. The Labute approximate surface area is 133 Å². The first-order chi connectivity index (χ1) is 11.1. The van der Waals surface area contributed by atoms with Gasteiger partial charge < -0.3 is 15.8 Å².